The molecule has 0 spiro atoms. The molecule has 4 heteroatoms. The molecule has 0 radical (unpaired) electrons. The predicted molar refractivity (Wildman–Crippen MR) is 83.3 cm³/mol. The smallest absolute Gasteiger partial charge is 0.227 e. The van der Waals surface area contributed by atoms with Gasteiger partial charge in [0.15, 0.2) is 0 Å². The van der Waals surface area contributed by atoms with Crippen molar-refractivity contribution in [2.45, 2.75) is 38.3 Å². The Morgan fingerprint density at radius 2 is 2.10 bits per heavy atom. The second kappa shape index (κ2) is 6.27. The highest BCUT2D eigenvalue weighted by molar-refractivity contribution is 9.10. The minimum Gasteiger partial charge on any atom is -0.335 e. The summed E-state index contributed by atoms with van der Waals surface area (Å²) in [5, 5.41) is 3.35. The minimum atomic E-state index is 0.173. The van der Waals surface area contributed by atoms with Gasteiger partial charge >= 0.3 is 0 Å². The van der Waals surface area contributed by atoms with E-state index in [0.717, 1.165) is 49.8 Å². The Kier molecular flexibility index (Phi) is 4.41. The van der Waals surface area contributed by atoms with Crippen LogP contribution in [0.2, 0.25) is 0 Å². The van der Waals surface area contributed by atoms with Gasteiger partial charge in [-0.3, -0.25) is 4.79 Å². The van der Waals surface area contributed by atoms with Gasteiger partial charge in [0.05, 0.1) is 5.92 Å². The van der Waals surface area contributed by atoms with Gasteiger partial charge in [-0.25, -0.2) is 0 Å². The molecule has 3 nitrogen and oxygen atoms in total. The van der Waals surface area contributed by atoms with E-state index in [0.29, 0.717) is 11.9 Å². The van der Waals surface area contributed by atoms with Crippen LogP contribution in [0.25, 0.3) is 0 Å². The van der Waals surface area contributed by atoms with E-state index in [1.165, 1.54) is 5.56 Å². The highest BCUT2D eigenvalue weighted by Crippen LogP contribution is 2.32. The number of carbonyl (C=O) groups excluding carboxylic acids is 1. The molecule has 0 bridgehead atoms. The van der Waals surface area contributed by atoms with Gasteiger partial charge in [-0.1, -0.05) is 34.1 Å². The van der Waals surface area contributed by atoms with Gasteiger partial charge in [0.1, 0.15) is 0 Å². The van der Waals surface area contributed by atoms with Crippen molar-refractivity contribution in [3.05, 3.63) is 34.3 Å². The number of amides is 1. The zero-order valence-electron chi connectivity index (χ0n) is 11.6. The summed E-state index contributed by atoms with van der Waals surface area (Å²) in [6, 6.07) is 8.68. The summed E-state index contributed by atoms with van der Waals surface area (Å²) >= 11 is 3.59. The summed E-state index contributed by atoms with van der Waals surface area (Å²) < 4.78 is 1.10. The monoisotopic (exact) mass is 336 g/mol. The van der Waals surface area contributed by atoms with E-state index in [9.17, 15) is 4.79 Å². The third-order valence-corrected chi connectivity index (χ3v) is 4.99. The number of benzene rings is 1. The summed E-state index contributed by atoms with van der Waals surface area (Å²) in [6.07, 6.45) is 4.47. The van der Waals surface area contributed by atoms with E-state index in [2.05, 4.69) is 32.2 Å². The lowest BCUT2D eigenvalue weighted by Crippen LogP contribution is -2.43. The van der Waals surface area contributed by atoms with Crippen molar-refractivity contribution in [1.82, 2.24) is 10.2 Å². The van der Waals surface area contributed by atoms with Crippen molar-refractivity contribution in [2.75, 3.05) is 13.1 Å². The molecule has 1 heterocycles. The molecule has 2 aliphatic rings. The molecule has 2 fully saturated rings. The Labute approximate surface area is 128 Å². The minimum absolute atomic E-state index is 0.173. The van der Waals surface area contributed by atoms with Crippen LogP contribution >= 0.6 is 15.9 Å². The maximum Gasteiger partial charge on any atom is 0.227 e. The first-order valence-electron chi connectivity index (χ1n) is 7.50. The average Bonchev–Trinajstić information content (AvgIpc) is 3.31. The molecule has 108 valence electrons. The van der Waals surface area contributed by atoms with E-state index < -0.39 is 0 Å². The number of nitrogens with one attached hydrogen (secondary N) is 1. The lowest BCUT2D eigenvalue weighted by Gasteiger charge is -2.30. The molecule has 1 atom stereocenters. The van der Waals surface area contributed by atoms with Crippen LogP contribution in [-0.2, 0) is 11.3 Å². The van der Waals surface area contributed by atoms with E-state index in [4.69, 9.17) is 0 Å². The van der Waals surface area contributed by atoms with Crippen LogP contribution in [0.1, 0.15) is 31.2 Å². The molecular formula is C16H21BrN2O. The van der Waals surface area contributed by atoms with Crippen LogP contribution in [0, 0.1) is 5.92 Å². The molecule has 1 saturated heterocycles. The summed E-state index contributed by atoms with van der Waals surface area (Å²) in [7, 11) is 0. The normalized spacial score (nSPS) is 22.6. The van der Waals surface area contributed by atoms with Crippen molar-refractivity contribution in [2.24, 2.45) is 5.92 Å². The number of nitrogens with zero attached hydrogens (tertiary/aromatic N) is 1. The maximum atomic E-state index is 12.8. The predicted octanol–water partition coefficient (Wildman–Crippen LogP) is 2.94. The van der Waals surface area contributed by atoms with Crippen LogP contribution in [0.15, 0.2) is 28.7 Å². The van der Waals surface area contributed by atoms with Crippen molar-refractivity contribution in [3.8, 4) is 0 Å². The summed E-state index contributed by atoms with van der Waals surface area (Å²) in [5.41, 5.74) is 1.21. The second-order valence-electron chi connectivity index (χ2n) is 5.83. The first-order chi connectivity index (χ1) is 9.75. The Morgan fingerprint density at radius 1 is 1.30 bits per heavy atom. The topological polar surface area (TPSA) is 32.3 Å². The summed E-state index contributed by atoms with van der Waals surface area (Å²) in [5.74, 6) is 0.516. The van der Waals surface area contributed by atoms with Gasteiger partial charge in [0.2, 0.25) is 5.91 Å². The Hall–Kier alpha value is -0.870. The molecule has 0 unspecified atom stereocenters. The number of rotatable bonds is 4. The number of hydrogen-bond acceptors (Lipinski definition) is 2. The van der Waals surface area contributed by atoms with E-state index in [1.54, 1.807) is 0 Å². The fraction of sp³-hybridized carbons (Fsp3) is 0.562. The third-order valence-electron chi connectivity index (χ3n) is 4.22. The number of piperidine rings is 1. The maximum absolute atomic E-state index is 12.8. The SMILES string of the molecule is O=C([C@H]1CCCNC1)N(Cc1ccccc1Br)C1CC1. The third kappa shape index (κ3) is 3.23. The highest BCUT2D eigenvalue weighted by Gasteiger charge is 2.36. The van der Waals surface area contributed by atoms with Crippen LogP contribution < -0.4 is 5.32 Å². The fourth-order valence-electron chi connectivity index (χ4n) is 2.88. The molecule has 1 aromatic rings. The molecule has 1 N–H and O–H groups in total. The number of carbonyl (C=O) groups is 1. The van der Waals surface area contributed by atoms with Crippen molar-refractivity contribution >= 4 is 21.8 Å². The zero-order valence-corrected chi connectivity index (χ0v) is 13.2. The molecular weight excluding hydrogens is 316 g/mol. The van der Waals surface area contributed by atoms with Gasteiger partial charge in [0.25, 0.3) is 0 Å². The molecule has 3 rings (SSSR count). The first-order valence-corrected chi connectivity index (χ1v) is 8.29. The lowest BCUT2D eigenvalue weighted by molar-refractivity contribution is -0.137. The average molecular weight is 337 g/mol. The molecule has 1 aliphatic carbocycles. The van der Waals surface area contributed by atoms with Crippen LogP contribution in [0.4, 0.5) is 0 Å². The van der Waals surface area contributed by atoms with Crippen LogP contribution in [-0.4, -0.2) is 29.9 Å². The molecule has 1 saturated carbocycles. The first kappa shape index (κ1) is 14.1. The quantitative estimate of drug-likeness (QED) is 0.916. The molecule has 1 aromatic carbocycles. The van der Waals surface area contributed by atoms with Crippen LogP contribution in [0.3, 0.4) is 0 Å². The zero-order chi connectivity index (χ0) is 13.9. The van der Waals surface area contributed by atoms with E-state index in [1.807, 2.05) is 18.2 Å². The lowest BCUT2D eigenvalue weighted by atomic mass is 9.97. The summed E-state index contributed by atoms with van der Waals surface area (Å²) in [4.78, 5) is 14.9. The van der Waals surface area contributed by atoms with Gasteiger partial charge in [-0.05, 0) is 43.9 Å². The van der Waals surface area contributed by atoms with Crippen molar-refractivity contribution in [1.29, 1.82) is 0 Å². The number of halogens is 1. The van der Waals surface area contributed by atoms with Gasteiger partial charge in [-0.15, -0.1) is 0 Å². The van der Waals surface area contributed by atoms with Crippen molar-refractivity contribution < 1.29 is 4.79 Å². The van der Waals surface area contributed by atoms with Gasteiger partial charge in [-0.2, -0.15) is 0 Å². The van der Waals surface area contributed by atoms with E-state index in [-0.39, 0.29) is 5.92 Å². The van der Waals surface area contributed by atoms with Crippen LogP contribution in [0.5, 0.6) is 0 Å². The fourth-order valence-corrected chi connectivity index (χ4v) is 3.29. The Bertz CT molecular complexity index is 481. The number of hydrogen-bond donors (Lipinski definition) is 1. The highest BCUT2D eigenvalue weighted by atomic mass is 79.9. The summed E-state index contributed by atoms with van der Waals surface area (Å²) in [6.45, 7) is 2.64. The largest absolute Gasteiger partial charge is 0.335 e. The molecule has 20 heavy (non-hydrogen) atoms. The van der Waals surface area contributed by atoms with Gasteiger partial charge < -0.3 is 10.2 Å². The Balaban J connectivity index is 1.72. The molecule has 1 amide bonds. The van der Waals surface area contributed by atoms with Gasteiger partial charge in [0, 0.05) is 23.6 Å². The molecule has 1 aliphatic heterocycles. The van der Waals surface area contributed by atoms with E-state index >= 15 is 0 Å². The Morgan fingerprint density at radius 3 is 2.75 bits per heavy atom. The van der Waals surface area contributed by atoms with Crippen molar-refractivity contribution in [3.63, 3.8) is 0 Å². The molecule has 0 aromatic heterocycles. The standard InChI is InChI=1S/C16H21BrN2O/c17-15-6-2-1-4-13(15)11-19(14-7-8-14)16(20)12-5-3-9-18-10-12/h1-2,4,6,12,14,18H,3,5,7-11H2/t12-/m0/s1. The second-order valence-corrected chi connectivity index (χ2v) is 6.69.